The third kappa shape index (κ3) is 3.54. The molecular formula is C12H20N4O. The minimum absolute atomic E-state index is 0.461. The maximum Gasteiger partial charge on any atom is 0.321 e. The van der Waals surface area contributed by atoms with Crippen LogP contribution in [0.4, 0.5) is 5.95 Å². The van der Waals surface area contributed by atoms with Crippen LogP contribution >= 0.6 is 0 Å². The number of nitrogens with zero attached hydrogens (tertiary/aromatic N) is 3. The van der Waals surface area contributed by atoms with Crippen molar-refractivity contribution in [3.8, 4) is 6.01 Å². The van der Waals surface area contributed by atoms with Gasteiger partial charge in [-0.25, -0.2) is 0 Å². The number of nitrogens with one attached hydrogen (secondary N) is 1. The summed E-state index contributed by atoms with van der Waals surface area (Å²) in [7, 11) is 0. The van der Waals surface area contributed by atoms with Gasteiger partial charge in [-0.3, -0.25) is 0 Å². The van der Waals surface area contributed by atoms with Crippen molar-refractivity contribution in [1.82, 2.24) is 15.0 Å². The van der Waals surface area contributed by atoms with Crippen LogP contribution in [0.15, 0.2) is 0 Å². The summed E-state index contributed by atoms with van der Waals surface area (Å²) in [4.78, 5) is 13.0. The van der Waals surface area contributed by atoms with Gasteiger partial charge in [0.25, 0.3) is 0 Å². The lowest BCUT2D eigenvalue weighted by atomic mass is 10.4. The van der Waals surface area contributed by atoms with Crippen LogP contribution in [0, 0.1) is 0 Å². The molecule has 94 valence electrons. The second-order valence-electron chi connectivity index (χ2n) is 4.35. The molecule has 0 radical (unpaired) electrons. The van der Waals surface area contributed by atoms with E-state index in [1.807, 2.05) is 0 Å². The number of hydrogen-bond acceptors (Lipinski definition) is 5. The fraction of sp³-hybridized carbons (Fsp3) is 0.750. The predicted octanol–water partition coefficient (Wildman–Crippen LogP) is 2.36. The Kier molecular flexibility index (Phi) is 4.12. The van der Waals surface area contributed by atoms with Crippen LogP contribution in [-0.4, -0.2) is 28.1 Å². The van der Waals surface area contributed by atoms with Crippen molar-refractivity contribution >= 4 is 5.95 Å². The Labute approximate surface area is 102 Å². The van der Waals surface area contributed by atoms with Gasteiger partial charge in [0.2, 0.25) is 5.95 Å². The molecule has 0 aromatic carbocycles. The molecule has 5 nitrogen and oxygen atoms in total. The fourth-order valence-corrected chi connectivity index (χ4v) is 1.47. The SMILES string of the molecule is CCCNc1nc(OCCC)nc(C2CC2)n1. The van der Waals surface area contributed by atoms with Crippen molar-refractivity contribution in [2.24, 2.45) is 0 Å². The van der Waals surface area contributed by atoms with Crippen LogP contribution in [0.3, 0.4) is 0 Å². The lowest BCUT2D eigenvalue weighted by Gasteiger charge is -2.08. The normalized spacial score (nSPS) is 14.7. The van der Waals surface area contributed by atoms with Crippen molar-refractivity contribution in [2.45, 2.75) is 45.4 Å². The predicted molar refractivity (Wildman–Crippen MR) is 66.4 cm³/mol. The van der Waals surface area contributed by atoms with Crippen LogP contribution in [0.2, 0.25) is 0 Å². The van der Waals surface area contributed by atoms with E-state index >= 15 is 0 Å². The van der Waals surface area contributed by atoms with Crippen LogP contribution in [0.25, 0.3) is 0 Å². The van der Waals surface area contributed by atoms with Gasteiger partial charge in [0, 0.05) is 12.5 Å². The lowest BCUT2D eigenvalue weighted by molar-refractivity contribution is 0.290. The average molecular weight is 236 g/mol. The second kappa shape index (κ2) is 5.80. The van der Waals surface area contributed by atoms with Crippen LogP contribution in [0.1, 0.15) is 51.3 Å². The molecule has 1 saturated carbocycles. The zero-order valence-corrected chi connectivity index (χ0v) is 10.6. The van der Waals surface area contributed by atoms with Gasteiger partial charge in [-0.2, -0.15) is 15.0 Å². The van der Waals surface area contributed by atoms with Crippen LogP contribution < -0.4 is 10.1 Å². The summed E-state index contributed by atoms with van der Waals surface area (Å²) in [5, 5.41) is 3.19. The molecule has 1 aliphatic rings. The summed E-state index contributed by atoms with van der Waals surface area (Å²) in [6.07, 6.45) is 4.38. The third-order valence-corrected chi connectivity index (χ3v) is 2.54. The largest absolute Gasteiger partial charge is 0.463 e. The fourth-order valence-electron chi connectivity index (χ4n) is 1.47. The molecular weight excluding hydrogens is 216 g/mol. The first kappa shape index (κ1) is 12.1. The quantitative estimate of drug-likeness (QED) is 0.787. The van der Waals surface area contributed by atoms with Crippen molar-refractivity contribution in [3.05, 3.63) is 5.82 Å². The van der Waals surface area contributed by atoms with Gasteiger partial charge in [0.05, 0.1) is 6.61 Å². The Hall–Kier alpha value is -1.39. The van der Waals surface area contributed by atoms with Gasteiger partial charge in [0.15, 0.2) is 0 Å². The summed E-state index contributed by atoms with van der Waals surface area (Å²) < 4.78 is 5.49. The molecule has 0 atom stereocenters. The first-order valence-electron chi connectivity index (χ1n) is 6.46. The molecule has 1 aromatic rings. The molecule has 1 aliphatic carbocycles. The Morgan fingerprint density at radius 2 is 2.00 bits per heavy atom. The Balaban J connectivity index is 2.10. The molecule has 0 saturated heterocycles. The lowest BCUT2D eigenvalue weighted by Crippen LogP contribution is -2.10. The molecule has 2 rings (SSSR count). The molecule has 0 bridgehead atoms. The van der Waals surface area contributed by atoms with Gasteiger partial charge < -0.3 is 10.1 Å². The zero-order valence-electron chi connectivity index (χ0n) is 10.6. The summed E-state index contributed by atoms with van der Waals surface area (Å²) in [6, 6.07) is 0.461. The molecule has 0 aliphatic heterocycles. The molecule has 1 N–H and O–H groups in total. The van der Waals surface area contributed by atoms with Gasteiger partial charge in [-0.05, 0) is 25.7 Å². The summed E-state index contributed by atoms with van der Waals surface area (Å²) >= 11 is 0. The van der Waals surface area contributed by atoms with E-state index in [0.29, 0.717) is 24.5 Å². The van der Waals surface area contributed by atoms with Gasteiger partial charge >= 0.3 is 6.01 Å². The van der Waals surface area contributed by atoms with Crippen molar-refractivity contribution in [3.63, 3.8) is 0 Å². The number of anilines is 1. The Bertz CT molecular complexity index is 339. The van der Waals surface area contributed by atoms with E-state index in [1.54, 1.807) is 0 Å². The zero-order chi connectivity index (χ0) is 12.1. The molecule has 1 fully saturated rings. The van der Waals surface area contributed by atoms with E-state index in [1.165, 1.54) is 12.8 Å². The van der Waals surface area contributed by atoms with E-state index in [2.05, 4.69) is 34.1 Å². The van der Waals surface area contributed by atoms with Crippen LogP contribution in [0.5, 0.6) is 6.01 Å². The molecule has 0 spiro atoms. The number of ether oxygens (including phenoxy) is 1. The summed E-state index contributed by atoms with van der Waals surface area (Å²) in [6.45, 7) is 5.71. The van der Waals surface area contributed by atoms with E-state index < -0.39 is 0 Å². The smallest absolute Gasteiger partial charge is 0.321 e. The summed E-state index contributed by atoms with van der Waals surface area (Å²) in [5.41, 5.74) is 0. The average Bonchev–Trinajstić information content (AvgIpc) is 3.18. The van der Waals surface area contributed by atoms with Gasteiger partial charge in [-0.15, -0.1) is 0 Å². The number of aromatic nitrogens is 3. The molecule has 1 heterocycles. The highest BCUT2D eigenvalue weighted by Crippen LogP contribution is 2.38. The van der Waals surface area contributed by atoms with Gasteiger partial charge in [0.1, 0.15) is 5.82 Å². The number of hydrogen-bond donors (Lipinski definition) is 1. The van der Waals surface area contributed by atoms with E-state index in [9.17, 15) is 0 Å². The second-order valence-corrected chi connectivity index (χ2v) is 4.35. The van der Waals surface area contributed by atoms with Crippen molar-refractivity contribution in [1.29, 1.82) is 0 Å². The Morgan fingerprint density at radius 1 is 1.18 bits per heavy atom. The highest BCUT2D eigenvalue weighted by atomic mass is 16.5. The molecule has 0 amide bonds. The maximum atomic E-state index is 5.49. The minimum atomic E-state index is 0.461. The standard InChI is InChI=1S/C12H20N4O/c1-3-7-13-11-14-10(9-5-6-9)15-12(16-11)17-8-4-2/h9H,3-8H2,1-2H3,(H,13,14,15,16). The minimum Gasteiger partial charge on any atom is -0.463 e. The maximum absolute atomic E-state index is 5.49. The van der Waals surface area contributed by atoms with Crippen molar-refractivity contribution < 1.29 is 4.74 Å². The van der Waals surface area contributed by atoms with E-state index in [4.69, 9.17) is 4.74 Å². The third-order valence-electron chi connectivity index (χ3n) is 2.54. The van der Waals surface area contributed by atoms with E-state index in [-0.39, 0.29) is 0 Å². The molecule has 1 aromatic heterocycles. The molecule has 17 heavy (non-hydrogen) atoms. The highest BCUT2D eigenvalue weighted by molar-refractivity contribution is 5.27. The van der Waals surface area contributed by atoms with Gasteiger partial charge in [-0.1, -0.05) is 13.8 Å². The highest BCUT2D eigenvalue weighted by Gasteiger charge is 2.28. The van der Waals surface area contributed by atoms with Crippen molar-refractivity contribution in [2.75, 3.05) is 18.5 Å². The van der Waals surface area contributed by atoms with Crippen LogP contribution in [-0.2, 0) is 0 Å². The topological polar surface area (TPSA) is 59.9 Å². The van der Waals surface area contributed by atoms with E-state index in [0.717, 1.165) is 25.2 Å². The first-order valence-corrected chi connectivity index (χ1v) is 6.46. The number of rotatable bonds is 7. The Morgan fingerprint density at radius 3 is 2.65 bits per heavy atom. The monoisotopic (exact) mass is 236 g/mol. The molecule has 0 unspecified atom stereocenters. The summed E-state index contributed by atoms with van der Waals surface area (Å²) in [5.74, 6) is 2.05. The first-order chi connectivity index (χ1) is 8.33. The molecule has 5 heteroatoms.